The lowest BCUT2D eigenvalue weighted by atomic mass is 10.1. The second-order valence-electron chi connectivity index (χ2n) is 4.61. The van der Waals surface area contributed by atoms with E-state index in [-0.39, 0.29) is 0 Å². The standard InChI is InChI=1S/C17H17NOS/c1-2-5-15-12-17(8-7-14(15)4-1)20-11-9-18-13-16-6-3-10-19-16/h1-8,10,12,18H,9,11,13H2. The van der Waals surface area contributed by atoms with Crippen LogP contribution in [0, 0.1) is 0 Å². The fourth-order valence-electron chi connectivity index (χ4n) is 2.12. The van der Waals surface area contributed by atoms with Crippen molar-refractivity contribution < 1.29 is 4.42 Å². The summed E-state index contributed by atoms with van der Waals surface area (Å²) < 4.78 is 5.28. The number of benzene rings is 2. The molecule has 0 fully saturated rings. The van der Waals surface area contributed by atoms with Crippen LogP contribution < -0.4 is 5.32 Å². The van der Waals surface area contributed by atoms with Crippen LogP contribution in [0.1, 0.15) is 5.76 Å². The van der Waals surface area contributed by atoms with Crippen molar-refractivity contribution in [2.45, 2.75) is 11.4 Å². The Hall–Kier alpha value is -1.71. The molecule has 0 saturated carbocycles. The molecule has 0 aliphatic rings. The van der Waals surface area contributed by atoms with E-state index in [4.69, 9.17) is 4.42 Å². The Kier molecular flexibility index (Phi) is 4.41. The highest BCUT2D eigenvalue weighted by molar-refractivity contribution is 7.99. The average molecular weight is 283 g/mol. The van der Waals surface area contributed by atoms with E-state index >= 15 is 0 Å². The van der Waals surface area contributed by atoms with E-state index < -0.39 is 0 Å². The third kappa shape index (κ3) is 3.44. The van der Waals surface area contributed by atoms with Crippen molar-refractivity contribution in [2.24, 2.45) is 0 Å². The molecule has 0 atom stereocenters. The zero-order valence-corrected chi connectivity index (χ0v) is 12.0. The molecule has 1 heterocycles. The quantitative estimate of drug-likeness (QED) is 0.539. The van der Waals surface area contributed by atoms with E-state index in [1.54, 1.807) is 6.26 Å². The van der Waals surface area contributed by atoms with Crippen molar-refractivity contribution in [3.05, 3.63) is 66.6 Å². The van der Waals surface area contributed by atoms with E-state index in [0.717, 1.165) is 24.6 Å². The van der Waals surface area contributed by atoms with Gasteiger partial charge in [-0.25, -0.2) is 0 Å². The van der Waals surface area contributed by atoms with Gasteiger partial charge in [-0.15, -0.1) is 11.8 Å². The monoisotopic (exact) mass is 283 g/mol. The fraction of sp³-hybridized carbons (Fsp3) is 0.176. The lowest BCUT2D eigenvalue weighted by Gasteiger charge is -2.05. The number of rotatable bonds is 6. The van der Waals surface area contributed by atoms with Crippen LogP contribution in [0.4, 0.5) is 0 Å². The van der Waals surface area contributed by atoms with Gasteiger partial charge in [0.2, 0.25) is 0 Å². The van der Waals surface area contributed by atoms with Crippen molar-refractivity contribution in [1.82, 2.24) is 5.32 Å². The Labute approximate surface area is 123 Å². The average Bonchev–Trinajstić information content (AvgIpc) is 3.00. The minimum absolute atomic E-state index is 0.797. The molecule has 20 heavy (non-hydrogen) atoms. The van der Waals surface area contributed by atoms with Gasteiger partial charge in [0.05, 0.1) is 12.8 Å². The minimum atomic E-state index is 0.797. The van der Waals surface area contributed by atoms with Crippen molar-refractivity contribution >= 4 is 22.5 Å². The first-order chi connectivity index (χ1) is 9.92. The summed E-state index contributed by atoms with van der Waals surface area (Å²) >= 11 is 1.88. The minimum Gasteiger partial charge on any atom is -0.468 e. The second-order valence-corrected chi connectivity index (χ2v) is 5.78. The molecule has 0 spiro atoms. The Balaban J connectivity index is 1.47. The van der Waals surface area contributed by atoms with Gasteiger partial charge < -0.3 is 9.73 Å². The molecule has 0 bridgehead atoms. The van der Waals surface area contributed by atoms with Crippen LogP contribution in [-0.2, 0) is 6.54 Å². The predicted molar refractivity (Wildman–Crippen MR) is 85.1 cm³/mol. The van der Waals surface area contributed by atoms with Gasteiger partial charge in [0, 0.05) is 17.2 Å². The van der Waals surface area contributed by atoms with Crippen molar-refractivity contribution in [3.63, 3.8) is 0 Å². The second kappa shape index (κ2) is 6.64. The Morgan fingerprint density at radius 1 is 0.950 bits per heavy atom. The van der Waals surface area contributed by atoms with Gasteiger partial charge in [0.15, 0.2) is 0 Å². The van der Waals surface area contributed by atoms with Crippen LogP contribution in [0.3, 0.4) is 0 Å². The van der Waals surface area contributed by atoms with Crippen molar-refractivity contribution in [1.29, 1.82) is 0 Å². The first-order valence-corrected chi connectivity index (χ1v) is 7.75. The molecule has 0 unspecified atom stereocenters. The van der Waals surface area contributed by atoms with Crippen LogP contribution in [0.2, 0.25) is 0 Å². The molecule has 0 saturated heterocycles. The summed E-state index contributed by atoms with van der Waals surface area (Å²) in [6, 6.07) is 19.0. The molecule has 2 nitrogen and oxygen atoms in total. The molecule has 1 N–H and O–H groups in total. The molecule has 3 rings (SSSR count). The topological polar surface area (TPSA) is 25.2 Å². The number of furan rings is 1. The van der Waals surface area contributed by atoms with Crippen LogP contribution in [0.15, 0.2) is 70.2 Å². The van der Waals surface area contributed by atoms with Gasteiger partial charge in [0.1, 0.15) is 5.76 Å². The van der Waals surface area contributed by atoms with E-state index in [0.29, 0.717) is 0 Å². The highest BCUT2D eigenvalue weighted by Crippen LogP contribution is 2.23. The SMILES string of the molecule is c1coc(CNCCSc2ccc3ccccc3c2)c1. The highest BCUT2D eigenvalue weighted by Gasteiger charge is 1.98. The smallest absolute Gasteiger partial charge is 0.117 e. The molecular weight excluding hydrogens is 266 g/mol. The molecule has 0 radical (unpaired) electrons. The number of fused-ring (bicyclic) bond motifs is 1. The summed E-state index contributed by atoms with van der Waals surface area (Å²) in [5, 5.41) is 5.99. The third-order valence-electron chi connectivity index (χ3n) is 3.15. The first-order valence-electron chi connectivity index (χ1n) is 6.76. The maximum Gasteiger partial charge on any atom is 0.117 e. The van der Waals surface area contributed by atoms with Crippen LogP contribution in [0.25, 0.3) is 10.8 Å². The van der Waals surface area contributed by atoms with Crippen LogP contribution in [0.5, 0.6) is 0 Å². The predicted octanol–water partition coefficient (Wildman–Crippen LogP) is 4.31. The summed E-state index contributed by atoms with van der Waals surface area (Å²) in [6.07, 6.45) is 1.71. The summed E-state index contributed by atoms with van der Waals surface area (Å²) in [7, 11) is 0. The van der Waals surface area contributed by atoms with Crippen molar-refractivity contribution in [2.75, 3.05) is 12.3 Å². The van der Waals surface area contributed by atoms with E-state index in [9.17, 15) is 0 Å². The lowest BCUT2D eigenvalue weighted by molar-refractivity contribution is 0.488. The number of hydrogen-bond acceptors (Lipinski definition) is 3. The zero-order valence-electron chi connectivity index (χ0n) is 11.2. The number of thioether (sulfide) groups is 1. The zero-order chi connectivity index (χ0) is 13.6. The van der Waals surface area contributed by atoms with Gasteiger partial charge in [0.25, 0.3) is 0 Å². The normalized spacial score (nSPS) is 11.0. The molecular formula is C17H17NOS. The number of hydrogen-bond donors (Lipinski definition) is 1. The highest BCUT2D eigenvalue weighted by atomic mass is 32.2. The van der Waals surface area contributed by atoms with Gasteiger partial charge in [-0.05, 0) is 35.0 Å². The lowest BCUT2D eigenvalue weighted by Crippen LogP contribution is -2.15. The summed E-state index contributed by atoms with van der Waals surface area (Å²) in [5.41, 5.74) is 0. The molecule has 3 aromatic rings. The largest absolute Gasteiger partial charge is 0.468 e. The van der Waals surface area contributed by atoms with Crippen LogP contribution >= 0.6 is 11.8 Å². The molecule has 0 amide bonds. The van der Waals surface area contributed by atoms with Gasteiger partial charge >= 0.3 is 0 Å². The van der Waals surface area contributed by atoms with Crippen LogP contribution in [-0.4, -0.2) is 12.3 Å². The summed E-state index contributed by atoms with van der Waals surface area (Å²) in [6.45, 7) is 1.77. The van der Waals surface area contributed by atoms with Crippen molar-refractivity contribution in [3.8, 4) is 0 Å². The van der Waals surface area contributed by atoms with Gasteiger partial charge in [-0.3, -0.25) is 0 Å². The first kappa shape index (κ1) is 13.3. The fourth-order valence-corrected chi connectivity index (χ4v) is 2.98. The third-order valence-corrected chi connectivity index (χ3v) is 4.14. The molecule has 0 aliphatic carbocycles. The summed E-state index contributed by atoms with van der Waals surface area (Å²) in [5.74, 6) is 2.04. The Bertz CT molecular complexity index is 664. The molecule has 2 aromatic carbocycles. The van der Waals surface area contributed by atoms with Gasteiger partial charge in [-0.1, -0.05) is 30.3 Å². The Morgan fingerprint density at radius 2 is 1.85 bits per heavy atom. The molecule has 1 aromatic heterocycles. The van der Waals surface area contributed by atoms with Gasteiger partial charge in [-0.2, -0.15) is 0 Å². The molecule has 0 aliphatic heterocycles. The van der Waals surface area contributed by atoms with E-state index in [2.05, 4.69) is 47.8 Å². The van der Waals surface area contributed by atoms with E-state index in [1.807, 2.05) is 23.9 Å². The molecule has 102 valence electrons. The van der Waals surface area contributed by atoms with E-state index in [1.165, 1.54) is 15.7 Å². The molecule has 3 heteroatoms. The Morgan fingerprint density at radius 3 is 2.70 bits per heavy atom. The summed E-state index contributed by atoms with van der Waals surface area (Å²) in [4.78, 5) is 1.32. The maximum absolute atomic E-state index is 5.28. The maximum atomic E-state index is 5.28. The number of nitrogens with one attached hydrogen (secondary N) is 1.